The molecule has 9 heteroatoms. The molecule has 0 N–H and O–H groups in total. The molecular formula is C11H15ClF3NO2S2. The summed E-state index contributed by atoms with van der Waals surface area (Å²) in [5.74, 6) is 0.132. The summed E-state index contributed by atoms with van der Waals surface area (Å²) in [4.78, 5) is 0.640. The summed E-state index contributed by atoms with van der Waals surface area (Å²) in [5.41, 5.74) is 0.666. The number of alkyl halides is 4. The maximum atomic E-state index is 12.5. The molecule has 0 aliphatic rings. The van der Waals surface area contributed by atoms with Crippen LogP contribution in [0.2, 0.25) is 0 Å². The highest BCUT2D eigenvalue weighted by Gasteiger charge is 2.39. The van der Waals surface area contributed by atoms with Gasteiger partial charge in [-0.2, -0.15) is 17.5 Å². The maximum absolute atomic E-state index is 12.5. The van der Waals surface area contributed by atoms with Crippen LogP contribution in [0.15, 0.2) is 10.3 Å². The van der Waals surface area contributed by atoms with Crippen molar-refractivity contribution < 1.29 is 21.6 Å². The Balaban J connectivity index is 3.22. The number of hydrogen-bond acceptors (Lipinski definition) is 3. The van der Waals surface area contributed by atoms with Crippen molar-refractivity contribution in [3.8, 4) is 0 Å². The van der Waals surface area contributed by atoms with E-state index in [2.05, 4.69) is 0 Å². The quantitative estimate of drug-likeness (QED) is 0.759. The van der Waals surface area contributed by atoms with Crippen LogP contribution < -0.4 is 0 Å². The first-order valence-corrected chi connectivity index (χ1v) is 8.52. The Bertz CT molecular complexity index is 567. The third kappa shape index (κ3) is 4.09. The van der Waals surface area contributed by atoms with Crippen LogP contribution in [0.25, 0.3) is 0 Å². The summed E-state index contributed by atoms with van der Waals surface area (Å²) in [6.45, 7) is 3.00. The fourth-order valence-corrected chi connectivity index (χ4v) is 5.15. The van der Waals surface area contributed by atoms with Gasteiger partial charge < -0.3 is 0 Å². The largest absolute Gasteiger partial charge is 0.402 e. The van der Waals surface area contributed by atoms with Gasteiger partial charge in [-0.15, -0.1) is 22.9 Å². The van der Waals surface area contributed by atoms with E-state index in [1.165, 1.54) is 19.9 Å². The molecule has 0 fully saturated rings. The van der Waals surface area contributed by atoms with Gasteiger partial charge in [-0.05, 0) is 32.4 Å². The molecule has 0 aromatic carbocycles. The normalized spacial score (nSPS) is 13.4. The number of thiophene rings is 1. The van der Waals surface area contributed by atoms with Gasteiger partial charge in [0.05, 0.1) is 5.88 Å². The highest BCUT2D eigenvalue weighted by molar-refractivity contribution is 7.91. The summed E-state index contributed by atoms with van der Waals surface area (Å²) in [7, 11) is -4.17. The van der Waals surface area contributed by atoms with Crippen molar-refractivity contribution in [2.45, 2.75) is 43.1 Å². The molecule has 0 amide bonds. The van der Waals surface area contributed by atoms with Gasteiger partial charge in [0.1, 0.15) is 10.8 Å². The molecule has 0 spiro atoms. The molecule has 1 aromatic heterocycles. The van der Waals surface area contributed by atoms with Crippen LogP contribution in [0.5, 0.6) is 0 Å². The number of aryl methyl sites for hydroxylation is 1. The third-order valence-corrected chi connectivity index (χ3v) is 6.73. The molecule has 0 saturated carbocycles. The van der Waals surface area contributed by atoms with Crippen LogP contribution >= 0.6 is 22.9 Å². The molecule has 0 unspecified atom stereocenters. The highest BCUT2D eigenvalue weighted by atomic mass is 35.5. The Morgan fingerprint density at radius 1 is 1.40 bits per heavy atom. The van der Waals surface area contributed by atoms with Crippen LogP contribution in [0.3, 0.4) is 0 Å². The standard InChI is InChI=1S/C11H15ClF3NO2S2/c1-7(2)16(6-11(13,14)15)20(17,18)10-4-8(3)9(5-12)19-10/h4,7H,5-6H2,1-3H3. The van der Waals surface area contributed by atoms with Crippen molar-refractivity contribution in [1.29, 1.82) is 0 Å². The van der Waals surface area contributed by atoms with Gasteiger partial charge >= 0.3 is 6.18 Å². The van der Waals surface area contributed by atoms with E-state index in [1.807, 2.05) is 0 Å². The fraction of sp³-hybridized carbons (Fsp3) is 0.636. The summed E-state index contributed by atoms with van der Waals surface area (Å²) in [5, 5.41) is 0. The fourth-order valence-electron chi connectivity index (χ4n) is 1.59. The van der Waals surface area contributed by atoms with Crippen LogP contribution in [-0.2, 0) is 15.9 Å². The third-order valence-electron chi connectivity index (χ3n) is 2.59. The van der Waals surface area contributed by atoms with Gasteiger partial charge in [0.2, 0.25) is 0 Å². The van der Waals surface area contributed by atoms with E-state index in [0.29, 0.717) is 14.7 Å². The Kier molecular flexibility index (Phi) is 5.51. The molecule has 0 aliphatic carbocycles. The number of halogens is 4. The van der Waals surface area contributed by atoms with E-state index in [9.17, 15) is 21.6 Å². The van der Waals surface area contributed by atoms with Gasteiger partial charge in [-0.1, -0.05) is 0 Å². The summed E-state index contributed by atoms with van der Waals surface area (Å²) >= 11 is 6.58. The Morgan fingerprint density at radius 2 is 1.95 bits per heavy atom. The van der Waals surface area contributed by atoms with E-state index >= 15 is 0 Å². The molecule has 116 valence electrons. The van der Waals surface area contributed by atoms with Crippen molar-refractivity contribution >= 4 is 33.0 Å². The van der Waals surface area contributed by atoms with Crippen LogP contribution in [0, 0.1) is 6.92 Å². The van der Waals surface area contributed by atoms with Gasteiger partial charge in [0.25, 0.3) is 10.0 Å². The second-order valence-corrected chi connectivity index (χ2v) is 8.09. The zero-order valence-electron chi connectivity index (χ0n) is 11.2. The lowest BCUT2D eigenvalue weighted by Crippen LogP contribution is -2.42. The average molecular weight is 350 g/mol. The van der Waals surface area contributed by atoms with Crippen molar-refractivity contribution in [2.75, 3.05) is 6.54 Å². The van der Waals surface area contributed by atoms with E-state index in [1.54, 1.807) is 6.92 Å². The minimum Gasteiger partial charge on any atom is -0.206 e. The van der Waals surface area contributed by atoms with E-state index in [4.69, 9.17) is 11.6 Å². The van der Waals surface area contributed by atoms with E-state index in [-0.39, 0.29) is 10.1 Å². The lowest BCUT2D eigenvalue weighted by atomic mass is 10.3. The molecule has 1 heterocycles. The minimum atomic E-state index is -4.58. The Labute approximate surface area is 125 Å². The molecule has 1 aromatic rings. The van der Waals surface area contributed by atoms with Gasteiger partial charge in [-0.25, -0.2) is 8.42 Å². The zero-order valence-corrected chi connectivity index (χ0v) is 13.5. The molecule has 0 saturated heterocycles. The summed E-state index contributed by atoms with van der Waals surface area (Å²) in [6, 6.07) is 0.576. The molecule has 0 atom stereocenters. The van der Waals surface area contributed by atoms with Crippen LogP contribution in [0.4, 0.5) is 13.2 Å². The van der Waals surface area contributed by atoms with Crippen molar-refractivity contribution in [3.05, 3.63) is 16.5 Å². The molecule has 20 heavy (non-hydrogen) atoms. The minimum absolute atomic E-state index is 0.108. The number of nitrogens with zero attached hydrogens (tertiary/aromatic N) is 1. The number of rotatable bonds is 5. The molecule has 0 bridgehead atoms. The first-order valence-electron chi connectivity index (χ1n) is 5.73. The Hall–Kier alpha value is -0.310. The number of hydrogen-bond donors (Lipinski definition) is 0. The van der Waals surface area contributed by atoms with Gasteiger partial charge in [-0.3, -0.25) is 0 Å². The first-order chi connectivity index (χ1) is 8.99. The lowest BCUT2D eigenvalue weighted by Gasteiger charge is -2.26. The topological polar surface area (TPSA) is 37.4 Å². The van der Waals surface area contributed by atoms with E-state index < -0.39 is 28.8 Å². The number of sulfonamides is 1. The van der Waals surface area contributed by atoms with Crippen molar-refractivity contribution in [1.82, 2.24) is 4.31 Å². The molecule has 0 aliphatic heterocycles. The predicted octanol–water partition coefficient (Wildman–Crippen LogP) is 3.76. The second kappa shape index (κ2) is 6.21. The lowest BCUT2D eigenvalue weighted by molar-refractivity contribution is -0.138. The molecule has 1 rings (SSSR count). The van der Waals surface area contributed by atoms with Crippen molar-refractivity contribution in [3.63, 3.8) is 0 Å². The maximum Gasteiger partial charge on any atom is 0.402 e. The van der Waals surface area contributed by atoms with Gasteiger partial charge in [0.15, 0.2) is 0 Å². The molecular weight excluding hydrogens is 335 g/mol. The average Bonchev–Trinajstić information content (AvgIpc) is 2.66. The zero-order chi connectivity index (χ0) is 15.7. The summed E-state index contributed by atoms with van der Waals surface area (Å²) < 4.78 is 62.6. The van der Waals surface area contributed by atoms with Crippen molar-refractivity contribution in [2.24, 2.45) is 0 Å². The predicted molar refractivity (Wildman–Crippen MR) is 73.7 cm³/mol. The highest BCUT2D eigenvalue weighted by Crippen LogP contribution is 2.32. The van der Waals surface area contributed by atoms with Crippen LogP contribution in [0.1, 0.15) is 24.3 Å². The molecule has 0 radical (unpaired) electrons. The monoisotopic (exact) mass is 349 g/mol. The Morgan fingerprint density at radius 3 is 2.30 bits per heavy atom. The molecule has 3 nitrogen and oxygen atoms in total. The summed E-state index contributed by atoms with van der Waals surface area (Å²) in [6.07, 6.45) is -4.58. The van der Waals surface area contributed by atoms with Gasteiger partial charge in [0, 0.05) is 10.9 Å². The van der Waals surface area contributed by atoms with E-state index in [0.717, 1.165) is 11.3 Å². The SMILES string of the molecule is Cc1cc(S(=O)(=O)N(CC(F)(F)F)C(C)C)sc1CCl. The second-order valence-electron chi connectivity index (χ2n) is 4.56. The first kappa shape index (κ1) is 17.7. The van der Waals surface area contributed by atoms with Crippen LogP contribution in [-0.4, -0.2) is 31.5 Å². The smallest absolute Gasteiger partial charge is 0.206 e.